The van der Waals surface area contributed by atoms with Gasteiger partial charge in [0.25, 0.3) is 5.56 Å². The Bertz CT molecular complexity index is 1860. The molecule has 2 N–H and O–H groups in total. The van der Waals surface area contributed by atoms with E-state index in [0.717, 1.165) is 5.56 Å². The zero-order chi connectivity index (χ0) is 34.2. The predicted octanol–water partition coefficient (Wildman–Crippen LogP) is 4.98. The second-order valence-corrected chi connectivity index (χ2v) is 12.6. The van der Waals surface area contributed by atoms with Gasteiger partial charge in [-0.2, -0.15) is 13.2 Å². The van der Waals surface area contributed by atoms with E-state index in [9.17, 15) is 37.8 Å². The van der Waals surface area contributed by atoms with Crippen molar-refractivity contribution in [3.63, 3.8) is 0 Å². The number of likely N-dealkylation sites (tertiary alicyclic amines) is 1. The summed E-state index contributed by atoms with van der Waals surface area (Å²) in [6.07, 6.45) is -4.94. The van der Waals surface area contributed by atoms with Crippen LogP contribution >= 0.6 is 11.6 Å². The summed E-state index contributed by atoms with van der Waals surface area (Å²) >= 11 is 6.56. The van der Waals surface area contributed by atoms with Crippen LogP contribution in [0.25, 0.3) is 16.7 Å². The molecule has 2 fully saturated rings. The molecule has 0 radical (unpaired) electrons. The number of hydrogen-bond donors (Lipinski definition) is 2. The fourth-order valence-electron chi connectivity index (χ4n) is 6.46. The zero-order valence-corrected chi connectivity index (χ0v) is 26.4. The Morgan fingerprint density at radius 1 is 1.06 bits per heavy atom. The smallest absolute Gasteiger partial charge is 0.407 e. The second kappa shape index (κ2) is 13.2. The Hall–Kier alpha value is -4.40. The van der Waals surface area contributed by atoms with Crippen LogP contribution in [0, 0.1) is 0 Å². The van der Waals surface area contributed by atoms with Gasteiger partial charge in [0.05, 0.1) is 42.7 Å². The average Bonchev–Trinajstić information content (AvgIpc) is 3.41. The molecule has 0 unspecified atom stereocenters. The highest BCUT2D eigenvalue weighted by molar-refractivity contribution is 6.31. The topological polar surface area (TPSA) is 130 Å². The summed E-state index contributed by atoms with van der Waals surface area (Å²) in [5.74, 6) is -2.59. The minimum absolute atomic E-state index is 0.0155. The highest BCUT2D eigenvalue weighted by Crippen LogP contribution is 2.38. The van der Waals surface area contributed by atoms with Gasteiger partial charge in [-0.25, -0.2) is 9.78 Å². The molecule has 4 heterocycles. The van der Waals surface area contributed by atoms with E-state index < -0.39 is 47.7 Å². The number of rotatable bonds is 7. The van der Waals surface area contributed by atoms with Crippen LogP contribution in [0.3, 0.4) is 0 Å². The maximum atomic E-state index is 13.8. The fourth-order valence-corrected chi connectivity index (χ4v) is 6.74. The van der Waals surface area contributed by atoms with Gasteiger partial charge in [0, 0.05) is 31.7 Å². The highest BCUT2D eigenvalue weighted by Gasteiger charge is 2.43. The van der Waals surface area contributed by atoms with E-state index in [-0.39, 0.29) is 67.4 Å². The van der Waals surface area contributed by atoms with Gasteiger partial charge in [-0.3, -0.25) is 23.6 Å². The van der Waals surface area contributed by atoms with Gasteiger partial charge in [-0.05, 0) is 42.2 Å². The molecule has 0 aliphatic carbocycles. The molecule has 4 aromatic rings. The van der Waals surface area contributed by atoms with Crippen molar-refractivity contribution in [3.05, 3.63) is 93.6 Å². The molecule has 6 rings (SSSR count). The number of piperidine rings is 1. The largest absolute Gasteiger partial charge is 0.465 e. The van der Waals surface area contributed by atoms with Gasteiger partial charge >= 0.3 is 12.3 Å². The Kier molecular flexibility index (Phi) is 9.25. The van der Waals surface area contributed by atoms with E-state index in [2.05, 4.69) is 4.98 Å². The summed E-state index contributed by atoms with van der Waals surface area (Å²) in [5.41, 5.74) is -0.211. The molecular formula is C33H33ClF3N5O6. The lowest BCUT2D eigenvalue weighted by Gasteiger charge is -2.39. The number of benzene rings is 2. The van der Waals surface area contributed by atoms with Crippen molar-refractivity contribution in [2.24, 2.45) is 0 Å². The predicted molar refractivity (Wildman–Crippen MR) is 169 cm³/mol. The van der Waals surface area contributed by atoms with E-state index in [1.54, 1.807) is 34.9 Å². The molecule has 15 heteroatoms. The first-order chi connectivity index (χ1) is 22.8. The molecule has 48 heavy (non-hydrogen) atoms. The van der Waals surface area contributed by atoms with Crippen LogP contribution in [0.4, 0.5) is 18.0 Å². The van der Waals surface area contributed by atoms with Gasteiger partial charge in [0.1, 0.15) is 11.5 Å². The molecule has 11 nitrogen and oxygen atoms in total. The van der Waals surface area contributed by atoms with Crippen LogP contribution in [-0.2, 0) is 16.1 Å². The van der Waals surface area contributed by atoms with Gasteiger partial charge in [-0.15, -0.1) is 0 Å². The quantitative estimate of drug-likeness (QED) is 0.280. The summed E-state index contributed by atoms with van der Waals surface area (Å²) in [6.45, 7) is 0.754. The summed E-state index contributed by atoms with van der Waals surface area (Å²) < 4.78 is 49.8. The number of carboxylic acid groups (broad SMARTS) is 1. The van der Waals surface area contributed by atoms with Gasteiger partial charge in [0.15, 0.2) is 5.65 Å². The molecule has 2 aromatic heterocycles. The number of fused-ring (bicyclic) bond motifs is 1. The van der Waals surface area contributed by atoms with Gasteiger partial charge < -0.3 is 19.8 Å². The third-order valence-electron chi connectivity index (χ3n) is 9.14. The van der Waals surface area contributed by atoms with Crippen molar-refractivity contribution in [2.75, 3.05) is 32.8 Å². The molecule has 2 aromatic carbocycles. The Balaban J connectivity index is 1.14. The molecule has 2 amide bonds. The lowest BCUT2D eigenvalue weighted by Crippen LogP contribution is -2.50. The van der Waals surface area contributed by atoms with Gasteiger partial charge in [0.2, 0.25) is 5.91 Å². The van der Waals surface area contributed by atoms with Crippen molar-refractivity contribution in [1.29, 1.82) is 0 Å². The Labute approximate surface area is 277 Å². The Morgan fingerprint density at radius 3 is 2.40 bits per heavy atom. The normalized spacial score (nSPS) is 19.0. The fraction of sp³-hybridized carbons (Fsp3) is 0.394. The number of ether oxygens (including phenoxy) is 1. The first-order valence-electron chi connectivity index (χ1n) is 15.4. The van der Waals surface area contributed by atoms with E-state index in [0.29, 0.717) is 12.3 Å². The SMILES string of the molecule is O=C(C[C@H](c1ccccc1)C(F)(F)F)N1CCC(O)(Cn2cnc3c(cc(Cl)n3-c3ccc([C@@H]4COCCN4C(=O)O)cc3)c2=O)CC1. The second-order valence-electron chi connectivity index (χ2n) is 12.2. The number of carbonyl (C=O) groups excluding carboxylic acids is 1. The van der Waals surface area contributed by atoms with Crippen LogP contribution in [0.5, 0.6) is 0 Å². The first-order valence-corrected chi connectivity index (χ1v) is 15.8. The summed E-state index contributed by atoms with van der Waals surface area (Å²) in [4.78, 5) is 45.2. The van der Waals surface area contributed by atoms with E-state index in [4.69, 9.17) is 16.3 Å². The standard InChI is InChI=1S/C33H33ClF3N5O6/c34-27-16-24-29(42(27)23-8-6-22(7-9-23)26-18-48-15-14-41(26)31(45)46)38-20-40(30(24)44)19-32(47)10-12-39(13-11-32)28(43)17-25(33(35,36)37)21-4-2-1-3-5-21/h1-9,16,20,25-26,47H,10-15,17-19H2,(H,45,46)/t25-,26+/m1/s1. The number of halogens is 4. The Morgan fingerprint density at radius 2 is 1.75 bits per heavy atom. The number of aliphatic hydroxyl groups is 1. The van der Waals surface area contributed by atoms with Crippen molar-refractivity contribution in [3.8, 4) is 5.69 Å². The van der Waals surface area contributed by atoms with Crippen molar-refractivity contribution >= 4 is 34.6 Å². The molecule has 2 atom stereocenters. The van der Waals surface area contributed by atoms with Crippen molar-refractivity contribution in [1.82, 2.24) is 23.9 Å². The third-order valence-corrected chi connectivity index (χ3v) is 9.42. The van der Waals surface area contributed by atoms with Crippen LogP contribution in [0.2, 0.25) is 5.15 Å². The van der Waals surface area contributed by atoms with Crippen molar-refractivity contribution < 1.29 is 37.7 Å². The number of hydrogen-bond acceptors (Lipinski definition) is 6. The summed E-state index contributed by atoms with van der Waals surface area (Å²) in [6, 6.07) is 15.4. The van der Waals surface area contributed by atoms with Crippen LogP contribution in [0.1, 0.15) is 42.3 Å². The molecular weight excluding hydrogens is 655 g/mol. The molecule has 0 bridgehead atoms. The van der Waals surface area contributed by atoms with Crippen molar-refractivity contribution in [2.45, 2.75) is 49.5 Å². The molecule has 254 valence electrons. The van der Waals surface area contributed by atoms with E-state index >= 15 is 0 Å². The summed E-state index contributed by atoms with van der Waals surface area (Å²) in [7, 11) is 0. The number of nitrogens with zero attached hydrogens (tertiary/aromatic N) is 5. The number of morpholine rings is 1. The lowest BCUT2D eigenvalue weighted by atomic mass is 9.89. The van der Waals surface area contributed by atoms with E-state index in [1.807, 2.05) is 0 Å². The van der Waals surface area contributed by atoms with Crippen LogP contribution < -0.4 is 5.56 Å². The number of carbonyl (C=O) groups is 2. The maximum absolute atomic E-state index is 13.8. The number of alkyl halides is 3. The third kappa shape index (κ3) is 6.78. The maximum Gasteiger partial charge on any atom is 0.407 e. The van der Waals surface area contributed by atoms with Gasteiger partial charge in [-0.1, -0.05) is 54.1 Å². The first kappa shape index (κ1) is 33.5. The van der Waals surface area contributed by atoms with E-state index in [1.165, 1.54) is 51.0 Å². The number of amides is 2. The molecule has 2 aliphatic rings. The molecule has 0 spiro atoms. The van der Waals surface area contributed by atoms with Crippen LogP contribution in [-0.4, -0.2) is 90.8 Å². The average molecular weight is 688 g/mol. The minimum Gasteiger partial charge on any atom is -0.465 e. The lowest BCUT2D eigenvalue weighted by molar-refractivity contribution is -0.162. The monoisotopic (exact) mass is 687 g/mol. The molecule has 0 saturated carbocycles. The molecule has 2 saturated heterocycles. The number of aromatic nitrogens is 3. The summed E-state index contributed by atoms with van der Waals surface area (Å²) in [5, 5.41) is 21.3. The van der Waals surface area contributed by atoms with Crippen LogP contribution in [0.15, 0.2) is 71.8 Å². The highest BCUT2D eigenvalue weighted by atomic mass is 35.5. The minimum atomic E-state index is -4.60. The molecule has 2 aliphatic heterocycles. The zero-order valence-electron chi connectivity index (χ0n) is 25.6.